The van der Waals surface area contributed by atoms with Gasteiger partial charge in [0.25, 0.3) is 0 Å². The zero-order chi connectivity index (χ0) is 15.2. The molecule has 21 heavy (non-hydrogen) atoms. The van der Waals surface area contributed by atoms with Gasteiger partial charge in [0.2, 0.25) is 5.91 Å². The molecule has 1 aromatic carbocycles. The SMILES string of the molecule is Cc1ccc(C)c(OCCCCC(=O)N2CC[C@@H](N)C2)c1. The van der Waals surface area contributed by atoms with Crippen LogP contribution in [0.5, 0.6) is 5.75 Å². The fourth-order valence-corrected chi connectivity index (χ4v) is 2.60. The quantitative estimate of drug-likeness (QED) is 0.819. The van der Waals surface area contributed by atoms with Crippen LogP contribution in [0.2, 0.25) is 0 Å². The maximum Gasteiger partial charge on any atom is 0.222 e. The molecule has 2 N–H and O–H groups in total. The largest absolute Gasteiger partial charge is 0.493 e. The molecule has 4 heteroatoms. The molecule has 1 aliphatic heterocycles. The maximum atomic E-state index is 12.0. The third kappa shape index (κ3) is 4.74. The first-order valence-electron chi connectivity index (χ1n) is 7.79. The maximum absolute atomic E-state index is 12.0. The number of aryl methyl sites for hydroxylation is 2. The molecule has 0 spiro atoms. The van der Waals surface area contributed by atoms with E-state index >= 15 is 0 Å². The van der Waals surface area contributed by atoms with Gasteiger partial charge >= 0.3 is 0 Å². The fraction of sp³-hybridized carbons (Fsp3) is 0.588. The number of nitrogens with zero attached hydrogens (tertiary/aromatic N) is 1. The molecule has 0 aliphatic carbocycles. The average Bonchev–Trinajstić information content (AvgIpc) is 2.88. The van der Waals surface area contributed by atoms with Crippen molar-refractivity contribution < 1.29 is 9.53 Å². The third-order valence-electron chi connectivity index (χ3n) is 3.96. The summed E-state index contributed by atoms with van der Waals surface area (Å²) in [5.74, 6) is 1.18. The van der Waals surface area contributed by atoms with Crippen molar-refractivity contribution >= 4 is 5.91 Å². The molecule has 0 radical (unpaired) electrons. The van der Waals surface area contributed by atoms with Crippen molar-refractivity contribution in [1.82, 2.24) is 4.90 Å². The van der Waals surface area contributed by atoms with E-state index in [0.717, 1.165) is 43.7 Å². The first-order valence-corrected chi connectivity index (χ1v) is 7.79. The summed E-state index contributed by atoms with van der Waals surface area (Å²) in [6.45, 7) is 6.31. The second-order valence-corrected chi connectivity index (χ2v) is 5.96. The van der Waals surface area contributed by atoms with Crippen molar-refractivity contribution in [1.29, 1.82) is 0 Å². The Balaban J connectivity index is 1.64. The zero-order valence-electron chi connectivity index (χ0n) is 13.1. The number of hydrogen-bond acceptors (Lipinski definition) is 3. The molecule has 2 rings (SSSR count). The van der Waals surface area contributed by atoms with Gasteiger partial charge in [-0.05, 0) is 50.3 Å². The summed E-state index contributed by atoms with van der Waals surface area (Å²) >= 11 is 0. The van der Waals surface area contributed by atoms with Crippen LogP contribution in [0.25, 0.3) is 0 Å². The highest BCUT2D eigenvalue weighted by Gasteiger charge is 2.22. The van der Waals surface area contributed by atoms with Crippen LogP contribution in [0.15, 0.2) is 18.2 Å². The van der Waals surface area contributed by atoms with E-state index in [1.54, 1.807) is 0 Å². The second kappa shape index (κ2) is 7.46. The molecule has 0 aromatic heterocycles. The minimum absolute atomic E-state index is 0.168. The smallest absolute Gasteiger partial charge is 0.222 e. The molecule has 0 saturated carbocycles. The molecule has 116 valence electrons. The van der Waals surface area contributed by atoms with Gasteiger partial charge in [-0.15, -0.1) is 0 Å². The molecule has 1 atom stereocenters. The minimum Gasteiger partial charge on any atom is -0.493 e. The number of unbranched alkanes of at least 4 members (excludes halogenated alkanes) is 1. The molecule has 1 fully saturated rings. The molecule has 1 heterocycles. The Kier molecular flexibility index (Phi) is 5.62. The van der Waals surface area contributed by atoms with Gasteiger partial charge in [-0.1, -0.05) is 12.1 Å². The van der Waals surface area contributed by atoms with E-state index in [1.165, 1.54) is 5.56 Å². The van der Waals surface area contributed by atoms with Crippen molar-refractivity contribution in [3.63, 3.8) is 0 Å². The topological polar surface area (TPSA) is 55.6 Å². The monoisotopic (exact) mass is 290 g/mol. The molecular formula is C17H26N2O2. The molecule has 1 saturated heterocycles. The number of likely N-dealkylation sites (tertiary alicyclic amines) is 1. The third-order valence-corrected chi connectivity index (χ3v) is 3.96. The number of carbonyl (C=O) groups excluding carboxylic acids is 1. The molecule has 0 unspecified atom stereocenters. The number of ether oxygens (including phenoxy) is 1. The molecule has 0 bridgehead atoms. The average molecular weight is 290 g/mol. The van der Waals surface area contributed by atoms with Gasteiger partial charge in [0.15, 0.2) is 0 Å². The number of hydrogen-bond donors (Lipinski definition) is 1. The Morgan fingerprint density at radius 2 is 2.19 bits per heavy atom. The van der Waals surface area contributed by atoms with Crippen LogP contribution in [-0.2, 0) is 4.79 Å². The predicted octanol–water partition coefficient (Wildman–Crippen LogP) is 2.41. The van der Waals surface area contributed by atoms with Crippen LogP contribution >= 0.6 is 0 Å². The Bertz CT molecular complexity index is 488. The molecule has 1 aromatic rings. The van der Waals surface area contributed by atoms with Gasteiger partial charge in [0.1, 0.15) is 5.75 Å². The highest BCUT2D eigenvalue weighted by atomic mass is 16.5. The Morgan fingerprint density at radius 3 is 2.90 bits per heavy atom. The van der Waals surface area contributed by atoms with Crippen molar-refractivity contribution in [2.45, 2.75) is 45.6 Å². The Hall–Kier alpha value is -1.55. The first-order chi connectivity index (χ1) is 10.1. The van der Waals surface area contributed by atoms with Crippen molar-refractivity contribution in [2.24, 2.45) is 5.73 Å². The van der Waals surface area contributed by atoms with E-state index in [9.17, 15) is 4.79 Å². The van der Waals surface area contributed by atoms with Crippen molar-refractivity contribution in [3.05, 3.63) is 29.3 Å². The molecular weight excluding hydrogens is 264 g/mol. The van der Waals surface area contributed by atoms with Crippen LogP contribution in [0, 0.1) is 13.8 Å². The van der Waals surface area contributed by atoms with Crippen LogP contribution in [0.3, 0.4) is 0 Å². The minimum atomic E-state index is 0.168. The standard InChI is InChI=1S/C17H26N2O2/c1-13-6-7-14(2)16(11-13)21-10-4-3-5-17(20)19-9-8-15(18)12-19/h6-7,11,15H,3-5,8-10,12,18H2,1-2H3/t15-/m1/s1. The van der Waals surface area contributed by atoms with E-state index < -0.39 is 0 Å². The Morgan fingerprint density at radius 1 is 1.38 bits per heavy atom. The van der Waals surface area contributed by atoms with E-state index in [2.05, 4.69) is 32.0 Å². The highest BCUT2D eigenvalue weighted by Crippen LogP contribution is 2.19. The van der Waals surface area contributed by atoms with Crippen molar-refractivity contribution in [3.8, 4) is 5.75 Å². The van der Waals surface area contributed by atoms with Crippen LogP contribution in [-0.4, -0.2) is 36.5 Å². The van der Waals surface area contributed by atoms with Gasteiger partial charge in [-0.2, -0.15) is 0 Å². The molecule has 1 amide bonds. The van der Waals surface area contributed by atoms with Gasteiger partial charge < -0.3 is 15.4 Å². The van der Waals surface area contributed by atoms with Gasteiger partial charge in [-0.25, -0.2) is 0 Å². The van der Waals surface area contributed by atoms with E-state index in [0.29, 0.717) is 13.0 Å². The van der Waals surface area contributed by atoms with Crippen LogP contribution in [0.4, 0.5) is 0 Å². The normalized spacial score (nSPS) is 18.0. The predicted molar refractivity (Wildman–Crippen MR) is 84.4 cm³/mol. The molecule has 4 nitrogen and oxygen atoms in total. The number of carbonyl (C=O) groups is 1. The van der Waals surface area contributed by atoms with Crippen LogP contribution in [0.1, 0.15) is 36.8 Å². The zero-order valence-corrected chi connectivity index (χ0v) is 13.1. The lowest BCUT2D eigenvalue weighted by molar-refractivity contribution is -0.130. The van der Waals surface area contributed by atoms with Gasteiger partial charge in [-0.3, -0.25) is 4.79 Å². The summed E-state index contributed by atoms with van der Waals surface area (Å²) < 4.78 is 5.80. The lowest BCUT2D eigenvalue weighted by Crippen LogP contribution is -2.31. The van der Waals surface area contributed by atoms with E-state index in [1.807, 2.05) is 4.90 Å². The summed E-state index contributed by atoms with van der Waals surface area (Å²) in [5, 5.41) is 0. The first kappa shape index (κ1) is 15.8. The number of benzene rings is 1. The fourth-order valence-electron chi connectivity index (χ4n) is 2.60. The number of rotatable bonds is 6. The highest BCUT2D eigenvalue weighted by molar-refractivity contribution is 5.76. The summed E-state index contributed by atoms with van der Waals surface area (Å²) in [5.41, 5.74) is 8.18. The van der Waals surface area contributed by atoms with Crippen LogP contribution < -0.4 is 10.5 Å². The second-order valence-electron chi connectivity index (χ2n) is 5.96. The lowest BCUT2D eigenvalue weighted by atomic mass is 10.1. The van der Waals surface area contributed by atoms with Gasteiger partial charge in [0, 0.05) is 25.6 Å². The van der Waals surface area contributed by atoms with E-state index in [-0.39, 0.29) is 11.9 Å². The summed E-state index contributed by atoms with van der Waals surface area (Å²) in [6, 6.07) is 6.39. The van der Waals surface area contributed by atoms with Gasteiger partial charge in [0.05, 0.1) is 6.61 Å². The van der Waals surface area contributed by atoms with Crippen molar-refractivity contribution in [2.75, 3.05) is 19.7 Å². The number of nitrogens with two attached hydrogens (primary N) is 1. The lowest BCUT2D eigenvalue weighted by Gasteiger charge is -2.15. The molecule has 1 aliphatic rings. The Labute approximate surface area is 127 Å². The summed E-state index contributed by atoms with van der Waals surface area (Å²) in [6.07, 6.45) is 3.30. The van der Waals surface area contributed by atoms with E-state index in [4.69, 9.17) is 10.5 Å². The number of amides is 1. The summed E-state index contributed by atoms with van der Waals surface area (Å²) in [7, 11) is 0. The summed E-state index contributed by atoms with van der Waals surface area (Å²) in [4.78, 5) is 13.8.